The first-order chi connectivity index (χ1) is 11.6. The lowest BCUT2D eigenvalue weighted by molar-refractivity contribution is -0.118. The van der Waals surface area contributed by atoms with Crippen molar-refractivity contribution in [3.8, 4) is 11.4 Å². The molecule has 7 nitrogen and oxygen atoms in total. The molecule has 8 heteroatoms. The largest absolute Gasteiger partial charge is 0.484 e. The van der Waals surface area contributed by atoms with Crippen molar-refractivity contribution in [1.29, 1.82) is 0 Å². The molecule has 0 atom stereocenters. The Balaban J connectivity index is 1.62. The first kappa shape index (κ1) is 16.1. The Morgan fingerprint density at radius 3 is 2.75 bits per heavy atom. The molecule has 3 rings (SSSR count). The topological polar surface area (TPSA) is 81.9 Å². The maximum absolute atomic E-state index is 12.0. The molecule has 0 spiro atoms. The van der Waals surface area contributed by atoms with Gasteiger partial charge in [-0.3, -0.25) is 4.79 Å². The molecule has 1 aromatic heterocycles. The first-order valence-corrected chi connectivity index (χ1v) is 7.95. The van der Waals surface area contributed by atoms with Gasteiger partial charge < -0.3 is 10.1 Å². The van der Waals surface area contributed by atoms with Crippen LogP contribution in [-0.4, -0.2) is 32.7 Å². The predicted molar refractivity (Wildman–Crippen MR) is 92.2 cm³/mol. The van der Waals surface area contributed by atoms with E-state index < -0.39 is 0 Å². The van der Waals surface area contributed by atoms with E-state index in [1.54, 1.807) is 35.9 Å². The van der Waals surface area contributed by atoms with Crippen LogP contribution in [0.15, 0.2) is 53.0 Å². The van der Waals surface area contributed by atoms with Crippen LogP contribution in [0.1, 0.15) is 5.82 Å². The van der Waals surface area contributed by atoms with Crippen LogP contribution < -0.4 is 10.1 Å². The highest BCUT2D eigenvalue weighted by Gasteiger charge is 2.07. The van der Waals surface area contributed by atoms with Crippen LogP contribution in [0.5, 0.6) is 5.75 Å². The summed E-state index contributed by atoms with van der Waals surface area (Å²) in [4.78, 5) is 12.0. The van der Waals surface area contributed by atoms with Crippen LogP contribution in [0.2, 0.25) is 0 Å². The Morgan fingerprint density at radius 2 is 2.04 bits per heavy atom. The molecular weight excluding hydrogens is 374 g/mol. The van der Waals surface area contributed by atoms with Crippen LogP contribution in [0, 0.1) is 6.92 Å². The van der Waals surface area contributed by atoms with E-state index in [2.05, 4.69) is 36.8 Å². The van der Waals surface area contributed by atoms with E-state index >= 15 is 0 Å². The molecule has 1 N–H and O–H groups in total. The molecule has 0 saturated carbocycles. The number of aryl methyl sites for hydroxylation is 1. The zero-order valence-corrected chi connectivity index (χ0v) is 14.4. The minimum atomic E-state index is -0.247. The van der Waals surface area contributed by atoms with Crippen LogP contribution in [0.4, 0.5) is 5.69 Å². The highest BCUT2D eigenvalue weighted by Crippen LogP contribution is 2.17. The number of nitrogens with zero attached hydrogens (tertiary/aromatic N) is 4. The molecular formula is C16H14BrN5O2. The van der Waals surface area contributed by atoms with Gasteiger partial charge in [-0.05, 0) is 59.8 Å². The number of carbonyl (C=O) groups is 1. The number of hydrogen-bond acceptors (Lipinski definition) is 5. The third kappa shape index (κ3) is 3.96. The van der Waals surface area contributed by atoms with E-state index in [1.807, 2.05) is 24.3 Å². The zero-order chi connectivity index (χ0) is 16.9. The maximum Gasteiger partial charge on any atom is 0.262 e. The van der Waals surface area contributed by atoms with Crippen LogP contribution in [-0.2, 0) is 4.79 Å². The number of rotatable bonds is 5. The van der Waals surface area contributed by atoms with Crippen molar-refractivity contribution in [1.82, 2.24) is 20.2 Å². The van der Waals surface area contributed by atoms with E-state index in [1.165, 1.54) is 0 Å². The number of benzene rings is 2. The average molecular weight is 388 g/mol. The maximum atomic E-state index is 12.0. The highest BCUT2D eigenvalue weighted by atomic mass is 79.9. The van der Waals surface area contributed by atoms with E-state index in [4.69, 9.17) is 4.74 Å². The van der Waals surface area contributed by atoms with E-state index in [0.717, 1.165) is 10.2 Å². The lowest BCUT2D eigenvalue weighted by Gasteiger charge is -2.09. The summed E-state index contributed by atoms with van der Waals surface area (Å²) in [6.07, 6.45) is 0. The van der Waals surface area contributed by atoms with Gasteiger partial charge in [0.05, 0.1) is 5.69 Å². The minimum absolute atomic E-state index is 0.0736. The second-order valence-corrected chi connectivity index (χ2v) is 5.89. The standard InChI is InChI=1S/C16H14BrN5O2/c1-11-19-20-21-22(11)14-4-2-3-13(9-14)18-16(23)10-24-15-7-5-12(17)6-8-15/h2-9H,10H2,1H3,(H,18,23). The van der Waals surface area contributed by atoms with Crippen molar-refractivity contribution < 1.29 is 9.53 Å². The second kappa shape index (κ2) is 7.22. The number of amides is 1. The fraction of sp³-hybridized carbons (Fsp3) is 0.125. The van der Waals surface area contributed by atoms with Gasteiger partial charge in [0.15, 0.2) is 12.4 Å². The quantitative estimate of drug-likeness (QED) is 0.727. The number of anilines is 1. The Kier molecular flexibility index (Phi) is 4.85. The van der Waals surface area contributed by atoms with Crippen molar-refractivity contribution in [3.05, 3.63) is 58.8 Å². The third-order valence-electron chi connectivity index (χ3n) is 3.18. The molecule has 0 aliphatic heterocycles. The SMILES string of the molecule is Cc1nnnn1-c1cccc(NC(=O)COc2ccc(Br)cc2)c1. The molecule has 0 unspecified atom stereocenters. The van der Waals surface area contributed by atoms with E-state index in [9.17, 15) is 4.79 Å². The molecule has 0 saturated heterocycles. The summed E-state index contributed by atoms with van der Waals surface area (Å²) < 4.78 is 7.99. The second-order valence-electron chi connectivity index (χ2n) is 4.98. The summed E-state index contributed by atoms with van der Waals surface area (Å²) in [7, 11) is 0. The summed E-state index contributed by atoms with van der Waals surface area (Å²) in [5, 5.41) is 14.1. The molecule has 1 heterocycles. The molecule has 0 aliphatic rings. The Bertz CT molecular complexity index is 848. The normalized spacial score (nSPS) is 10.4. The molecule has 0 radical (unpaired) electrons. The molecule has 2 aromatic carbocycles. The number of aromatic nitrogens is 4. The van der Waals surface area contributed by atoms with Gasteiger partial charge in [-0.15, -0.1) is 5.10 Å². The van der Waals surface area contributed by atoms with Gasteiger partial charge >= 0.3 is 0 Å². The fourth-order valence-corrected chi connectivity index (χ4v) is 2.33. The number of nitrogens with one attached hydrogen (secondary N) is 1. The molecule has 1 amide bonds. The highest BCUT2D eigenvalue weighted by molar-refractivity contribution is 9.10. The summed E-state index contributed by atoms with van der Waals surface area (Å²) in [5.41, 5.74) is 1.41. The number of carbonyl (C=O) groups excluding carboxylic acids is 1. The lowest BCUT2D eigenvalue weighted by atomic mass is 10.2. The Labute approximate surface area is 146 Å². The monoisotopic (exact) mass is 387 g/mol. The molecule has 122 valence electrons. The van der Waals surface area contributed by atoms with E-state index in [0.29, 0.717) is 17.3 Å². The van der Waals surface area contributed by atoms with Crippen molar-refractivity contribution in [2.75, 3.05) is 11.9 Å². The number of tetrazole rings is 1. The molecule has 0 fully saturated rings. The number of ether oxygens (including phenoxy) is 1. The third-order valence-corrected chi connectivity index (χ3v) is 3.71. The van der Waals surface area contributed by atoms with Crippen molar-refractivity contribution in [2.24, 2.45) is 0 Å². The van der Waals surface area contributed by atoms with Gasteiger partial charge in [0.1, 0.15) is 5.75 Å². The van der Waals surface area contributed by atoms with Gasteiger partial charge in [0.25, 0.3) is 5.91 Å². The predicted octanol–water partition coefficient (Wildman–Crippen LogP) is 2.75. The molecule has 3 aromatic rings. The van der Waals surface area contributed by atoms with E-state index in [-0.39, 0.29) is 12.5 Å². The van der Waals surface area contributed by atoms with Gasteiger partial charge in [0.2, 0.25) is 0 Å². The summed E-state index contributed by atoms with van der Waals surface area (Å²) >= 11 is 3.35. The summed E-state index contributed by atoms with van der Waals surface area (Å²) in [6.45, 7) is 1.73. The minimum Gasteiger partial charge on any atom is -0.484 e. The van der Waals surface area contributed by atoms with Crippen LogP contribution >= 0.6 is 15.9 Å². The van der Waals surface area contributed by atoms with Crippen molar-refractivity contribution in [2.45, 2.75) is 6.92 Å². The summed E-state index contributed by atoms with van der Waals surface area (Å²) in [5.74, 6) is 1.05. The summed E-state index contributed by atoms with van der Waals surface area (Å²) in [6, 6.07) is 14.5. The Hall–Kier alpha value is -2.74. The number of halogens is 1. The van der Waals surface area contributed by atoms with Gasteiger partial charge in [0, 0.05) is 10.2 Å². The Morgan fingerprint density at radius 1 is 1.25 bits per heavy atom. The van der Waals surface area contributed by atoms with Gasteiger partial charge in [-0.1, -0.05) is 22.0 Å². The molecule has 0 aliphatic carbocycles. The van der Waals surface area contributed by atoms with Crippen LogP contribution in [0.25, 0.3) is 5.69 Å². The number of hydrogen-bond donors (Lipinski definition) is 1. The first-order valence-electron chi connectivity index (χ1n) is 7.15. The molecule has 24 heavy (non-hydrogen) atoms. The lowest BCUT2D eigenvalue weighted by Crippen LogP contribution is -2.20. The fourth-order valence-electron chi connectivity index (χ4n) is 2.06. The van der Waals surface area contributed by atoms with Gasteiger partial charge in [-0.25, -0.2) is 0 Å². The smallest absolute Gasteiger partial charge is 0.262 e. The average Bonchev–Trinajstić information content (AvgIpc) is 3.01. The van der Waals surface area contributed by atoms with Crippen molar-refractivity contribution >= 4 is 27.5 Å². The van der Waals surface area contributed by atoms with Gasteiger partial charge in [-0.2, -0.15) is 4.68 Å². The molecule has 0 bridgehead atoms. The van der Waals surface area contributed by atoms with Crippen molar-refractivity contribution in [3.63, 3.8) is 0 Å². The van der Waals surface area contributed by atoms with Crippen LogP contribution in [0.3, 0.4) is 0 Å². The zero-order valence-electron chi connectivity index (χ0n) is 12.8.